The van der Waals surface area contributed by atoms with Gasteiger partial charge in [-0.15, -0.1) is 0 Å². The minimum absolute atomic E-state index is 0.0176. The third-order valence-electron chi connectivity index (χ3n) is 1.48. The Labute approximate surface area is 103 Å². The van der Waals surface area contributed by atoms with Crippen LogP contribution >= 0.6 is 31.9 Å². The lowest BCUT2D eigenvalue weighted by Gasteiger charge is -1.99. The third-order valence-corrected chi connectivity index (χ3v) is 2.73. The highest BCUT2D eigenvalue weighted by molar-refractivity contribution is 9.11. The van der Waals surface area contributed by atoms with Crippen molar-refractivity contribution in [1.82, 2.24) is 0 Å². The summed E-state index contributed by atoms with van der Waals surface area (Å²) in [5, 5.41) is 0. The molecule has 1 rings (SSSR count). The van der Waals surface area contributed by atoms with E-state index in [0.29, 0.717) is 14.5 Å². The van der Waals surface area contributed by atoms with Crippen LogP contribution in [-0.2, 0) is 4.79 Å². The monoisotopic (exact) mass is 333 g/mol. The van der Waals surface area contributed by atoms with Crippen LogP contribution in [0.3, 0.4) is 0 Å². The van der Waals surface area contributed by atoms with Gasteiger partial charge in [-0.25, -0.2) is 4.39 Å². The average molecular weight is 335 g/mol. The lowest BCUT2D eigenvalue weighted by atomic mass is 10.2. The number of halogens is 3. The van der Waals surface area contributed by atoms with Crippen molar-refractivity contribution in [2.45, 2.75) is 6.42 Å². The van der Waals surface area contributed by atoms with E-state index in [2.05, 4.69) is 43.7 Å². The summed E-state index contributed by atoms with van der Waals surface area (Å²) >= 11 is 6.35. The fourth-order valence-corrected chi connectivity index (χ4v) is 2.21. The fourth-order valence-electron chi connectivity index (χ4n) is 0.881. The maximum absolute atomic E-state index is 12.9. The van der Waals surface area contributed by atoms with Crippen molar-refractivity contribution in [1.29, 1.82) is 0 Å². The molecule has 0 saturated carbocycles. The maximum Gasteiger partial charge on any atom is 0.229 e. The van der Waals surface area contributed by atoms with E-state index in [1.807, 2.05) is 0 Å². The second kappa shape index (κ2) is 5.29. The molecule has 0 aliphatic heterocycles. The smallest absolute Gasteiger partial charge is 0.229 e. The van der Waals surface area contributed by atoms with E-state index in [-0.39, 0.29) is 12.2 Å². The molecule has 0 bridgehead atoms. The Balaban J connectivity index is 3.03. The van der Waals surface area contributed by atoms with E-state index in [1.54, 1.807) is 0 Å². The highest BCUT2D eigenvalue weighted by Gasteiger charge is 2.04. The quantitative estimate of drug-likeness (QED) is 0.788. The summed E-state index contributed by atoms with van der Waals surface area (Å²) in [5.74, 6) is 4.47. The standard InChI is InChI=1S/C10H6Br2FNO/c11-8-4-6(13)5-9(12)7(8)2-1-3-10(14)15/h4-5H,3H2,(H2,14,15). The van der Waals surface area contributed by atoms with Crippen molar-refractivity contribution in [2.24, 2.45) is 5.73 Å². The molecule has 1 amide bonds. The van der Waals surface area contributed by atoms with Crippen LogP contribution in [0.25, 0.3) is 0 Å². The van der Waals surface area contributed by atoms with Gasteiger partial charge in [0.2, 0.25) is 5.91 Å². The lowest BCUT2D eigenvalue weighted by molar-refractivity contribution is -0.117. The van der Waals surface area contributed by atoms with Gasteiger partial charge in [0.1, 0.15) is 5.82 Å². The summed E-state index contributed by atoms with van der Waals surface area (Å²) in [6.07, 6.45) is -0.0176. The minimum Gasteiger partial charge on any atom is -0.369 e. The fraction of sp³-hybridized carbons (Fsp3) is 0.100. The Hall–Kier alpha value is -0.860. The second-order valence-electron chi connectivity index (χ2n) is 2.69. The number of hydrogen-bond acceptors (Lipinski definition) is 1. The number of hydrogen-bond donors (Lipinski definition) is 1. The molecule has 0 saturated heterocycles. The van der Waals surface area contributed by atoms with Crippen LogP contribution in [0.5, 0.6) is 0 Å². The van der Waals surface area contributed by atoms with Gasteiger partial charge in [-0.1, -0.05) is 11.8 Å². The van der Waals surface area contributed by atoms with Gasteiger partial charge in [0.15, 0.2) is 0 Å². The lowest BCUT2D eigenvalue weighted by Crippen LogP contribution is -2.08. The molecule has 0 fully saturated rings. The predicted octanol–water partition coefficient (Wildman–Crippen LogP) is 2.58. The highest BCUT2D eigenvalue weighted by Crippen LogP contribution is 2.25. The zero-order valence-electron chi connectivity index (χ0n) is 7.48. The molecule has 5 heteroatoms. The zero-order valence-corrected chi connectivity index (χ0v) is 10.7. The number of rotatable bonds is 1. The molecule has 15 heavy (non-hydrogen) atoms. The summed E-state index contributed by atoms with van der Waals surface area (Å²) in [7, 11) is 0. The van der Waals surface area contributed by atoms with Crippen LogP contribution in [0, 0.1) is 17.7 Å². The van der Waals surface area contributed by atoms with Gasteiger partial charge in [-0.2, -0.15) is 0 Å². The van der Waals surface area contributed by atoms with E-state index in [1.165, 1.54) is 12.1 Å². The van der Waals surface area contributed by atoms with Crippen LogP contribution in [0.1, 0.15) is 12.0 Å². The number of nitrogens with two attached hydrogens (primary N) is 1. The molecule has 0 unspecified atom stereocenters. The van der Waals surface area contributed by atoms with Crippen LogP contribution in [0.15, 0.2) is 21.1 Å². The Morgan fingerprint density at radius 1 is 1.40 bits per heavy atom. The number of carbonyl (C=O) groups is 1. The zero-order chi connectivity index (χ0) is 11.4. The van der Waals surface area contributed by atoms with Gasteiger partial charge < -0.3 is 5.73 Å². The Kier molecular flexibility index (Phi) is 4.30. The van der Waals surface area contributed by atoms with Crippen molar-refractivity contribution in [3.8, 4) is 11.8 Å². The van der Waals surface area contributed by atoms with Crippen molar-refractivity contribution in [3.63, 3.8) is 0 Å². The van der Waals surface area contributed by atoms with Crippen molar-refractivity contribution >= 4 is 37.8 Å². The maximum atomic E-state index is 12.9. The molecule has 0 aliphatic carbocycles. The van der Waals surface area contributed by atoms with Crippen molar-refractivity contribution in [2.75, 3.05) is 0 Å². The largest absolute Gasteiger partial charge is 0.369 e. The number of benzene rings is 1. The predicted molar refractivity (Wildman–Crippen MR) is 62.5 cm³/mol. The molecule has 1 aromatic rings. The molecule has 1 aromatic carbocycles. The van der Waals surface area contributed by atoms with Gasteiger partial charge in [0.25, 0.3) is 0 Å². The second-order valence-corrected chi connectivity index (χ2v) is 4.40. The average Bonchev–Trinajstić information content (AvgIpc) is 2.08. The van der Waals surface area contributed by atoms with E-state index in [9.17, 15) is 9.18 Å². The minimum atomic E-state index is -0.489. The molecule has 0 aromatic heterocycles. The third kappa shape index (κ3) is 3.65. The molecule has 0 spiro atoms. The van der Waals surface area contributed by atoms with E-state index in [0.717, 1.165) is 0 Å². The van der Waals surface area contributed by atoms with E-state index in [4.69, 9.17) is 5.73 Å². The van der Waals surface area contributed by atoms with Gasteiger partial charge in [-0.3, -0.25) is 4.79 Å². The number of primary amides is 1. The van der Waals surface area contributed by atoms with Crippen molar-refractivity contribution < 1.29 is 9.18 Å². The Morgan fingerprint density at radius 3 is 2.40 bits per heavy atom. The molecule has 2 N–H and O–H groups in total. The number of carbonyl (C=O) groups excluding carboxylic acids is 1. The molecular weight excluding hydrogens is 329 g/mol. The molecular formula is C10H6Br2FNO. The van der Waals surface area contributed by atoms with Crippen LogP contribution in [0.2, 0.25) is 0 Å². The molecule has 78 valence electrons. The topological polar surface area (TPSA) is 43.1 Å². The van der Waals surface area contributed by atoms with Gasteiger partial charge in [0, 0.05) is 8.95 Å². The van der Waals surface area contributed by atoms with Crippen LogP contribution < -0.4 is 5.73 Å². The van der Waals surface area contributed by atoms with Crippen LogP contribution in [-0.4, -0.2) is 5.91 Å². The van der Waals surface area contributed by atoms with E-state index >= 15 is 0 Å². The first kappa shape index (κ1) is 12.2. The first-order valence-electron chi connectivity index (χ1n) is 3.92. The highest BCUT2D eigenvalue weighted by atomic mass is 79.9. The molecule has 0 radical (unpaired) electrons. The van der Waals surface area contributed by atoms with Gasteiger partial charge >= 0.3 is 0 Å². The van der Waals surface area contributed by atoms with Crippen molar-refractivity contribution in [3.05, 3.63) is 32.5 Å². The van der Waals surface area contributed by atoms with E-state index < -0.39 is 5.91 Å². The number of amides is 1. The van der Waals surface area contributed by atoms with Crippen LogP contribution in [0.4, 0.5) is 4.39 Å². The summed E-state index contributed by atoms with van der Waals surface area (Å²) in [5.41, 5.74) is 5.53. The summed E-state index contributed by atoms with van der Waals surface area (Å²) in [6, 6.07) is 2.61. The summed E-state index contributed by atoms with van der Waals surface area (Å²) in [6.45, 7) is 0. The molecule has 0 atom stereocenters. The first-order chi connectivity index (χ1) is 7.00. The molecule has 2 nitrogen and oxygen atoms in total. The Bertz CT molecular complexity index is 439. The first-order valence-corrected chi connectivity index (χ1v) is 5.51. The molecule has 0 heterocycles. The van der Waals surface area contributed by atoms with Gasteiger partial charge in [-0.05, 0) is 44.0 Å². The Morgan fingerprint density at radius 2 is 1.93 bits per heavy atom. The SMILES string of the molecule is NC(=O)CC#Cc1c(Br)cc(F)cc1Br. The summed E-state index contributed by atoms with van der Waals surface area (Å²) in [4.78, 5) is 10.4. The van der Waals surface area contributed by atoms with Gasteiger partial charge in [0.05, 0.1) is 12.0 Å². The molecule has 0 aliphatic rings. The normalized spacial score (nSPS) is 9.27. The summed E-state index contributed by atoms with van der Waals surface area (Å²) < 4.78 is 13.9.